The number of hydrogen-bond acceptors (Lipinski definition) is 9. The van der Waals surface area contributed by atoms with Gasteiger partial charge in [-0.2, -0.15) is 13.2 Å². The number of benzene rings is 3. The highest BCUT2D eigenvalue weighted by Gasteiger charge is 2.33. The van der Waals surface area contributed by atoms with Crippen LogP contribution in [-0.2, 0) is 17.8 Å². The number of aliphatic hydroxyl groups is 1. The van der Waals surface area contributed by atoms with E-state index in [9.17, 15) is 32.3 Å². The van der Waals surface area contributed by atoms with Gasteiger partial charge >= 0.3 is 6.18 Å². The van der Waals surface area contributed by atoms with Crippen molar-refractivity contribution in [3.63, 3.8) is 0 Å². The number of nitrogens with one attached hydrogen (secondary N) is 4. The number of carbonyl (C=O) groups excluding carboxylic acids is 2. The first-order chi connectivity index (χ1) is 29.6. The molecule has 6 rings (SSSR count). The fraction of sp³-hybridized carbons (Fsp3) is 0.478. The number of aromatic nitrogens is 1. The molecular formula is C46H57F4N7O5. The van der Waals surface area contributed by atoms with Crippen molar-refractivity contribution in [2.24, 2.45) is 5.92 Å². The minimum absolute atomic E-state index is 0.0289. The smallest absolute Gasteiger partial charge is 0.406 e. The van der Waals surface area contributed by atoms with Crippen LogP contribution in [0.4, 0.5) is 34.6 Å². The maximum Gasteiger partial charge on any atom is 0.406 e. The number of amides is 2. The average Bonchev–Trinajstić information content (AvgIpc) is 3.57. The molecule has 4 aromatic rings. The predicted molar refractivity (Wildman–Crippen MR) is 234 cm³/mol. The summed E-state index contributed by atoms with van der Waals surface area (Å²) >= 11 is 0. The van der Waals surface area contributed by atoms with Crippen molar-refractivity contribution in [1.29, 1.82) is 0 Å². The van der Waals surface area contributed by atoms with E-state index in [0.29, 0.717) is 84.8 Å². The van der Waals surface area contributed by atoms with Gasteiger partial charge in [-0.1, -0.05) is 31.9 Å². The average molecular weight is 864 g/mol. The van der Waals surface area contributed by atoms with Crippen LogP contribution < -0.4 is 35.6 Å². The zero-order valence-electron chi connectivity index (χ0n) is 35.9. The third kappa shape index (κ3) is 11.4. The molecule has 1 saturated heterocycles. The highest BCUT2D eigenvalue weighted by molar-refractivity contribution is 5.95. The lowest BCUT2D eigenvalue weighted by atomic mass is 9.95. The molecule has 0 bridgehead atoms. The van der Waals surface area contributed by atoms with Crippen LogP contribution >= 0.6 is 0 Å². The van der Waals surface area contributed by atoms with Crippen LogP contribution in [0, 0.1) is 17.8 Å². The second kappa shape index (κ2) is 20.5. The number of rotatable bonds is 15. The summed E-state index contributed by atoms with van der Waals surface area (Å²) in [5, 5.41) is 22.4. The summed E-state index contributed by atoms with van der Waals surface area (Å²) in [7, 11) is 5.28. The SMILES string of the molecule is CNC(=O)c1ccc(NCC#Cc2cc3c(N[C@@H]4CCN(C)C[C@@H]4F)cccc3n2CC(F)(F)F)c(OCCCCOc2ccc3c(c2)N(C)[C@@H](C(C)C)C(=O)N[C@H](CO)C3)c1. The first kappa shape index (κ1) is 45.9. The van der Waals surface area contributed by atoms with Crippen LogP contribution in [0.15, 0.2) is 60.7 Å². The van der Waals surface area contributed by atoms with Crippen molar-refractivity contribution < 1.29 is 41.7 Å². The van der Waals surface area contributed by atoms with Crippen molar-refractivity contribution in [2.75, 3.05) is 76.1 Å². The zero-order chi connectivity index (χ0) is 44.6. The number of alkyl halides is 4. The van der Waals surface area contributed by atoms with Gasteiger partial charge in [0, 0.05) is 55.6 Å². The summed E-state index contributed by atoms with van der Waals surface area (Å²) < 4.78 is 69.8. The predicted octanol–water partition coefficient (Wildman–Crippen LogP) is 6.21. The lowest BCUT2D eigenvalue weighted by Crippen LogP contribution is -2.54. The lowest BCUT2D eigenvalue weighted by Gasteiger charge is -2.37. The normalized spacial score (nSPS) is 19.5. The van der Waals surface area contributed by atoms with Crippen LogP contribution in [0.1, 0.15) is 54.7 Å². The van der Waals surface area contributed by atoms with Crippen LogP contribution in [0.25, 0.3) is 10.9 Å². The molecule has 5 N–H and O–H groups in total. The van der Waals surface area contributed by atoms with E-state index >= 15 is 0 Å². The molecule has 2 aliphatic heterocycles. The molecule has 1 aromatic heterocycles. The van der Waals surface area contributed by atoms with Gasteiger partial charge in [0.1, 0.15) is 30.3 Å². The van der Waals surface area contributed by atoms with Gasteiger partial charge < -0.3 is 50.2 Å². The van der Waals surface area contributed by atoms with Gasteiger partial charge in [-0.05, 0) is 92.6 Å². The number of piperidine rings is 1. The van der Waals surface area contributed by atoms with E-state index < -0.39 is 31.0 Å². The maximum atomic E-state index is 14.9. The Morgan fingerprint density at radius 2 is 1.81 bits per heavy atom. The molecule has 0 spiro atoms. The number of halogens is 4. The van der Waals surface area contributed by atoms with Crippen molar-refractivity contribution in [3.05, 3.63) is 77.5 Å². The topological polar surface area (TPSA) is 132 Å². The molecular weight excluding hydrogens is 807 g/mol. The Labute approximate surface area is 360 Å². The van der Waals surface area contributed by atoms with Crippen LogP contribution in [0.3, 0.4) is 0 Å². The van der Waals surface area contributed by atoms with Crippen molar-refractivity contribution >= 4 is 39.8 Å². The number of likely N-dealkylation sites (N-methyl/N-ethyl adjacent to an activating group) is 1. The minimum atomic E-state index is -4.51. The lowest BCUT2D eigenvalue weighted by molar-refractivity contribution is -0.140. The summed E-state index contributed by atoms with van der Waals surface area (Å²) in [4.78, 5) is 29.4. The third-order valence-corrected chi connectivity index (χ3v) is 11.3. The first-order valence-electron chi connectivity index (χ1n) is 21.0. The third-order valence-electron chi connectivity index (χ3n) is 11.3. The summed E-state index contributed by atoms with van der Waals surface area (Å²) in [5.41, 5.74) is 3.87. The Morgan fingerprint density at radius 1 is 1.03 bits per heavy atom. The van der Waals surface area contributed by atoms with Gasteiger partial charge in [-0.3, -0.25) is 9.59 Å². The van der Waals surface area contributed by atoms with E-state index in [1.54, 1.807) is 42.5 Å². The molecule has 2 amide bonds. The Kier molecular flexibility index (Phi) is 15.1. The van der Waals surface area contributed by atoms with Crippen LogP contribution in [-0.4, -0.2) is 117 Å². The summed E-state index contributed by atoms with van der Waals surface area (Å²) in [6, 6.07) is 16.1. The Morgan fingerprint density at radius 3 is 2.52 bits per heavy atom. The number of hydrogen-bond donors (Lipinski definition) is 5. The molecule has 1 fully saturated rings. The minimum Gasteiger partial charge on any atom is -0.494 e. The Bertz CT molecular complexity index is 2250. The fourth-order valence-corrected chi connectivity index (χ4v) is 8.13. The second-order valence-electron chi connectivity index (χ2n) is 16.3. The molecule has 62 heavy (non-hydrogen) atoms. The number of anilines is 3. The molecule has 16 heteroatoms. The first-order valence-corrected chi connectivity index (χ1v) is 21.0. The largest absolute Gasteiger partial charge is 0.494 e. The number of ether oxygens (including phenoxy) is 2. The molecule has 3 heterocycles. The molecule has 334 valence electrons. The number of aliphatic hydroxyl groups excluding tert-OH is 1. The highest BCUT2D eigenvalue weighted by atomic mass is 19.4. The summed E-state index contributed by atoms with van der Waals surface area (Å²) in [6.45, 7) is 4.31. The molecule has 4 atom stereocenters. The van der Waals surface area contributed by atoms with E-state index in [2.05, 4.69) is 33.1 Å². The second-order valence-corrected chi connectivity index (χ2v) is 16.3. The van der Waals surface area contributed by atoms with Crippen molar-refractivity contribution in [3.8, 4) is 23.3 Å². The van der Waals surface area contributed by atoms with Crippen molar-refractivity contribution in [2.45, 2.75) is 76.5 Å². The Hall–Kier alpha value is -5.66. The van der Waals surface area contributed by atoms with Gasteiger partial charge in [-0.25, -0.2) is 4.39 Å². The van der Waals surface area contributed by atoms with Gasteiger partial charge in [0.15, 0.2) is 0 Å². The quantitative estimate of drug-likeness (QED) is 0.0538. The number of likely N-dealkylation sites (tertiary alicyclic amines) is 1. The molecule has 12 nitrogen and oxygen atoms in total. The van der Waals surface area contributed by atoms with Gasteiger partial charge in [0.25, 0.3) is 5.91 Å². The summed E-state index contributed by atoms with van der Waals surface area (Å²) in [6.07, 6.45) is -3.32. The molecule has 0 aliphatic carbocycles. The summed E-state index contributed by atoms with van der Waals surface area (Å²) in [5.74, 6) is 6.53. The molecule has 2 aliphatic rings. The number of carbonyl (C=O) groups is 2. The van der Waals surface area contributed by atoms with Gasteiger partial charge in [-0.15, -0.1) is 0 Å². The van der Waals surface area contributed by atoms with E-state index in [4.69, 9.17) is 9.47 Å². The fourth-order valence-electron chi connectivity index (χ4n) is 8.13. The van der Waals surface area contributed by atoms with Crippen LogP contribution in [0.2, 0.25) is 0 Å². The van der Waals surface area contributed by atoms with Crippen LogP contribution in [0.5, 0.6) is 11.5 Å². The Balaban J connectivity index is 1.10. The standard InChI is InChI=1S/C46H57F4N7O5/c1-29(2)43-45(60)53-32(27-58)22-30-13-15-34(25-41(30)56(43)5)61-20-6-7-21-62-42-23-31(44(59)51-3)14-16-39(42)52-18-9-10-33-24-35-37(54-38-17-19-55(4)26-36(38)47)11-8-12-40(35)57(33)28-46(48,49)50/h8,11-16,23-25,29,32,36,38,43,52,54,58H,6-7,17-22,26-28H2,1-5H3,(H,51,59)(H,53,60)/t32-,36-,38+,43-/m0/s1. The molecule has 0 radical (unpaired) electrons. The number of fused-ring (bicyclic) bond motifs is 2. The van der Waals surface area contributed by atoms with E-state index in [-0.39, 0.29) is 49.2 Å². The van der Waals surface area contributed by atoms with Crippen molar-refractivity contribution in [1.82, 2.24) is 20.1 Å². The highest BCUT2D eigenvalue weighted by Crippen LogP contribution is 2.33. The number of unbranched alkanes of at least 4 members (excludes halogenated alkanes) is 1. The van der Waals surface area contributed by atoms with Gasteiger partial charge in [0.2, 0.25) is 5.91 Å². The maximum absolute atomic E-state index is 14.9. The zero-order valence-corrected chi connectivity index (χ0v) is 35.9. The van der Waals surface area contributed by atoms with E-state index in [0.717, 1.165) is 15.8 Å². The molecule has 0 unspecified atom stereocenters. The monoisotopic (exact) mass is 863 g/mol. The molecule has 0 saturated carbocycles. The number of nitrogens with zero attached hydrogens (tertiary/aromatic N) is 3. The van der Waals surface area contributed by atoms with E-state index in [1.165, 1.54) is 7.05 Å². The van der Waals surface area contributed by atoms with E-state index in [1.807, 2.05) is 55.9 Å². The molecule has 3 aromatic carbocycles. The van der Waals surface area contributed by atoms with Gasteiger partial charge in [0.05, 0.1) is 55.3 Å².